The Balaban J connectivity index is 2.23. The zero-order valence-electron chi connectivity index (χ0n) is 12.1. The lowest BCUT2D eigenvalue weighted by Gasteiger charge is -2.08. The van der Waals surface area contributed by atoms with E-state index in [4.69, 9.17) is 5.73 Å². The molecule has 1 aromatic heterocycles. The lowest BCUT2D eigenvalue weighted by atomic mass is 10.2. The molecule has 5 nitrogen and oxygen atoms in total. The van der Waals surface area contributed by atoms with Crippen LogP contribution in [0.1, 0.15) is 35.6 Å². The molecule has 1 amide bonds. The van der Waals surface area contributed by atoms with Crippen LogP contribution in [0.2, 0.25) is 0 Å². The second-order valence-electron chi connectivity index (χ2n) is 4.72. The summed E-state index contributed by atoms with van der Waals surface area (Å²) in [6.45, 7) is 6.57. The minimum Gasteiger partial charge on any atom is -0.399 e. The molecule has 0 fully saturated rings. The second-order valence-corrected chi connectivity index (χ2v) is 4.72. The number of anilines is 2. The summed E-state index contributed by atoms with van der Waals surface area (Å²) in [4.78, 5) is 12.3. The van der Waals surface area contributed by atoms with Crippen LogP contribution in [0.15, 0.2) is 24.3 Å². The molecule has 20 heavy (non-hydrogen) atoms. The fourth-order valence-electron chi connectivity index (χ4n) is 2.02. The van der Waals surface area contributed by atoms with E-state index in [1.807, 2.05) is 32.9 Å². The third-order valence-electron chi connectivity index (χ3n) is 3.25. The molecule has 0 spiro atoms. The first-order valence-corrected chi connectivity index (χ1v) is 6.79. The molecule has 0 saturated heterocycles. The third-order valence-corrected chi connectivity index (χ3v) is 3.25. The quantitative estimate of drug-likeness (QED) is 0.840. The second kappa shape index (κ2) is 5.77. The summed E-state index contributed by atoms with van der Waals surface area (Å²) in [6.07, 6.45) is 0.814. The van der Waals surface area contributed by atoms with Gasteiger partial charge in [-0.25, -0.2) is 0 Å². The highest BCUT2D eigenvalue weighted by atomic mass is 16.2. The van der Waals surface area contributed by atoms with Gasteiger partial charge in [-0.15, -0.1) is 0 Å². The zero-order valence-corrected chi connectivity index (χ0v) is 12.1. The first-order chi connectivity index (χ1) is 9.55. The molecule has 106 valence electrons. The first-order valence-electron chi connectivity index (χ1n) is 6.79. The van der Waals surface area contributed by atoms with E-state index < -0.39 is 0 Å². The summed E-state index contributed by atoms with van der Waals surface area (Å²) in [7, 11) is 0. The summed E-state index contributed by atoms with van der Waals surface area (Å²) in [5.74, 6) is -0.150. The highest BCUT2D eigenvalue weighted by molar-refractivity contribution is 6.03. The van der Waals surface area contributed by atoms with Crippen molar-refractivity contribution in [3.63, 3.8) is 0 Å². The van der Waals surface area contributed by atoms with Crippen molar-refractivity contribution in [2.24, 2.45) is 0 Å². The molecule has 2 aromatic rings. The van der Waals surface area contributed by atoms with Gasteiger partial charge < -0.3 is 11.1 Å². The Kier molecular flexibility index (Phi) is 4.08. The van der Waals surface area contributed by atoms with Gasteiger partial charge in [-0.3, -0.25) is 9.48 Å². The van der Waals surface area contributed by atoms with E-state index in [0.29, 0.717) is 12.2 Å². The minimum absolute atomic E-state index is 0.150. The van der Waals surface area contributed by atoms with Gasteiger partial charge in [0.25, 0.3) is 5.91 Å². The summed E-state index contributed by atoms with van der Waals surface area (Å²) in [5.41, 5.74) is 9.68. The Morgan fingerprint density at radius 3 is 2.70 bits per heavy atom. The van der Waals surface area contributed by atoms with E-state index in [1.54, 1.807) is 16.8 Å². The third kappa shape index (κ3) is 2.82. The smallest absolute Gasteiger partial charge is 0.273 e. The van der Waals surface area contributed by atoms with Crippen molar-refractivity contribution in [1.29, 1.82) is 0 Å². The van der Waals surface area contributed by atoms with Gasteiger partial charge in [0.15, 0.2) is 0 Å². The monoisotopic (exact) mass is 272 g/mol. The predicted octanol–water partition coefficient (Wildman–Crippen LogP) is 2.61. The molecule has 0 atom stereocenters. The molecule has 0 aliphatic carbocycles. The molecule has 0 bridgehead atoms. The Morgan fingerprint density at radius 2 is 2.10 bits per heavy atom. The summed E-state index contributed by atoms with van der Waals surface area (Å²) >= 11 is 0. The molecule has 2 rings (SSSR count). The van der Waals surface area contributed by atoms with Gasteiger partial charge in [0.05, 0.1) is 5.69 Å². The molecule has 0 radical (unpaired) electrons. The molecule has 0 aliphatic rings. The Labute approximate surface area is 118 Å². The van der Waals surface area contributed by atoms with Crippen molar-refractivity contribution in [2.45, 2.75) is 33.7 Å². The van der Waals surface area contributed by atoms with Gasteiger partial charge in [-0.05, 0) is 50.1 Å². The fourth-order valence-corrected chi connectivity index (χ4v) is 2.02. The lowest BCUT2D eigenvalue weighted by molar-refractivity contribution is 0.101. The topological polar surface area (TPSA) is 72.9 Å². The van der Waals surface area contributed by atoms with E-state index in [2.05, 4.69) is 10.4 Å². The van der Waals surface area contributed by atoms with E-state index in [-0.39, 0.29) is 5.91 Å². The van der Waals surface area contributed by atoms with E-state index >= 15 is 0 Å². The number of amides is 1. The van der Waals surface area contributed by atoms with E-state index in [1.165, 1.54) is 0 Å². The zero-order chi connectivity index (χ0) is 14.7. The number of carbonyl (C=O) groups excluding carboxylic acids is 1. The van der Waals surface area contributed by atoms with Crippen LogP contribution in [-0.4, -0.2) is 15.7 Å². The number of nitrogens with one attached hydrogen (secondary N) is 1. The molecular weight excluding hydrogens is 252 g/mol. The average molecular weight is 272 g/mol. The van der Waals surface area contributed by atoms with Gasteiger partial charge in [0.2, 0.25) is 0 Å². The van der Waals surface area contributed by atoms with Crippen molar-refractivity contribution in [1.82, 2.24) is 9.78 Å². The lowest BCUT2D eigenvalue weighted by Crippen LogP contribution is -2.17. The Hall–Kier alpha value is -2.30. The van der Waals surface area contributed by atoms with Crippen LogP contribution >= 0.6 is 0 Å². The van der Waals surface area contributed by atoms with Crippen molar-refractivity contribution < 1.29 is 4.79 Å². The summed E-state index contributed by atoms with van der Waals surface area (Å²) in [5, 5.41) is 7.26. The number of benzene rings is 1. The molecular formula is C15H20N4O. The normalized spacial score (nSPS) is 10.6. The van der Waals surface area contributed by atoms with E-state index in [0.717, 1.165) is 29.1 Å². The molecule has 3 N–H and O–H groups in total. The van der Waals surface area contributed by atoms with Crippen molar-refractivity contribution in [2.75, 3.05) is 11.1 Å². The van der Waals surface area contributed by atoms with Gasteiger partial charge in [-0.2, -0.15) is 5.10 Å². The number of nitrogens with two attached hydrogens (primary N) is 1. The molecule has 1 aromatic carbocycles. The van der Waals surface area contributed by atoms with E-state index in [9.17, 15) is 4.79 Å². The molecule has 5 heteroatoms. The van der Waals surface area contributed by atoms with Crippen LogP contribution in [0, 0.1) is 6.92 Å². The van der Waals surface area contributed by atoms with Gasteiger partial charge >= 0.3 is 0 Å². The maximum absolute atomic E-state index is 12.3. The SMILES string of the molecule is CCc1cc(C(=O)Nc2ccc(N)c(C)c2)n(CC)n1. The number of carbonyl (C=O) groups is 1. The number of nitrogen functional groups attached to an aromatic ring is 1. The molecule has 0 unspecified atom stereocenters. The highest BCUT2D eigenvalue weighted by Gasteiger charge is 2.14. The first kappa shape index (κ1) is 14.1. The van der Waals surface area contributed by atoms with Crippen LogP contribution in [0.25, 0.3) is 0 Å². The van der Waals surface area contributed by atoms with Gasteiger partial charge in [-0.1, -0.05) is 6.92 Å². The van der Waals surface area contributed by atoms with Crippen LogP contribution in [0.5, 0.6) is 0 Å². The summed E-state index contributed by atoms with van der Waals surface area (Å²) < 4.78 is 1.72. The van der Waals surface area contributed by atoms with Crippen molar-refractivity contribution >= 4 is 17.3 Å². The number of nitrogens with zero attached hydrogens (tertiary/aromatic N) is 2. The Bertz CT molecular complexity index is 631. The molecule has 1 heterocycles. The molecule has 0 saturated carbocycles. The van der Waals surface area contributed by atoms with Crippen LogP contribution in [0.3, 0.4) is 0 Å². The fraction of sp³-hybridized carbons (Fsp3) is 0.333. The number of aromatic nitrogens is 2. The maximum Gasteiger partial charge on any atom is 0.273 e. The number of hydrogen-bond donors (Lipinski definition) is 2. The van der Waals surface area contributed by atoms with Crippen molar-refractivity contribution in [3.05, 3.63) is 41.2 Å². The minimum atomic E-state index is -0.150. The number of hydrogen-bond acceptors (Lipinski definition) is 3. The largest absolute Gasteiger partial charge is 0.399 e. The summed E-state index contributed by atoms with van der Waals surface area (Å²) in [6, 6.07) is 7.29. The standard InChI is InChI=1S/C15H20N4O/c1-4-11-9-14(19(5-2)18-11)15(20)17-12-6-7-13(16)10(3)8-12/h6-9H,4-5,16H2,1-3H3,(H,17,20). The predicted molar refractivity (Wildman–Crippen MR) is 80.8 cm³/mol. The van der Waals surface area contributed by atoms with Gasteiger partial charge in [0, 0.05) is 17.9 Å². The number of aryl methyl sites for hydroxylation is 3. The van der Waals surface area contributed by atoms with Crippen LogP contribution in [-0.2, 0) is 13.0 Å². The van der Waals surface area contributed by atoms with Crippen molar-refractivity contribution in [3.8, 4) is 0 Å². The molecule has 0 aliphatic heterocycles. The Morgan fingerprint density at radius 1 is 1.35 bits per heavy atom. The number of rotatable bonds is 4. The highest BCUT2D eigenvalue weighted by Crippen LogP contribution is 2.17. The van der Waals surface area contributed by atoms with Gasteiger partial charge in [0.1, 0.15) is 5.69 Å². The maximum atomic E-state index is 12.3. The van der Waals surface area contributed by atoms with Crippen LogP contribution in [0.4, 0.5) is 11.4 Å². The average Bonchev–Trinajstić information content (AvgIpc) is 2.86. The van der Waals surface area contributed by atoms with Crippen LogP contribution < -0.4 is 11.1 Å².